The smallest absolute Gasteiger partial charge is 0.0639 e. The van der Waals surface area contributed by atoms with E-state index < -0.39 is 0 Å². The Labute approximate surface area is 109 Å². The molecule has 4 bridgehead atoms. The molecule has 4 aliphatic carbocycles. The van der Waals surface area contributed by atoms with E-state index in [1.807, 2.05) is 6.20 Å². The average molecular weight is 245 g/mol. The Morgan fingerprint density at radius 2 is 1.78 bits per heavy atom. The number of hydrogen-bond donors (Lipinski definition) is 1. The summed E-state index contributed by atoms with van der Waals surface area (Å²) in [5.74, 6) is 2.88. The first-order valence-corrected chi connectivity index (χ1v) is 7.46. The molecule has 3 nitrogen and oxygen atoms in total. The van der Waals surface area contributed by atoms with E-state index in [0.29, 0.717) is 5.54 Å². The molecule has 98 valence electrons. The summed E-state index contributed by atoms with van der Waals surface area (Å²) in [7, 11) is 0. The van der Waals surface area contributed by atoms with Gasteiger partial charge in [0, 0.05) is 12.2 Å². The third kappa shape index (κ3) is 1.43. The summed E-state index contributed by atoms with van der Waals surface area (Å²) in [5, 5.41) is 4.66. The maximum absolute atomic E-state index is 6.12. The van der Waals surface area contributed by atoms with Crippen molar-refractivity contribution >= 4 is 0 Å². The molecule has 5 rings (SSSR count). The molecule has 1 unspecified atom stereocenters. The molecule has 0 aromatic carbocycles. The lowest BCUT2D eigenvalue weighted by Gasteiger charge is -2.57. The quantitative estimate of drug-likeness (QED) is 0.870. The molecular weight excluding hydrogens is 222 g/mol. The predicted molar refractivity (Wildman–Crippen MR) is 71.0 cm³/mol. The van der Waals surface area contributed by atoms with E-state index in [-0.39, 0.29) is 6.04 Å². The van der Waals surface area contributed by atoms with Crippen LogP contribution in [0.25, 0.3) is 0 Å². The van der Waals surface area contributed by atoms with Crippen LogP contribution in [0.1, 0.15) is 57.2 Å². The number of hydrogen-bond acceptors (Lipinski definition) is 2. The lowest BCUT2D eigenvalue weighted by atomic mass is 9.53. The van der Waals surface area contributed by atoms with Crippen LogP contribution in [0.4, 0.5) is 0 Å². The minimum absolute atomic E-state index is 0.0977. The second-order valence-electron chi connectivity index (χ2n) is 7.10. The van der Waals surface area contributed by atoms with Gasteiger partial charge in [-0.2, -0.15) is 5.10 Å². The van der Waals surface area contributed by atoms with E-state index in [4.69, 9.17) is 5.73 Å². The zero-order chi connectivity index (χ0) is 12.3. The van der Waals surface area contributed by atoms with Crippen LogP contribution in [-0.2, 0) is 5.54 Å². The van der Waals surface area contributed by atoms with Gasteiger partial charge in [0.1, 0.15) is 0 Å². The minimum Gasteiger partial charge on any atom is -0.323 e. The first-order chi connectivity index (χ1) is 8.66. The molecule has 4 saturated carbocycles. The highest BCUT2D eigenvalue weighted by molar-refractivity contribution is 5.13. The van der Waals surface area contributed by atoms with Crippen molar-refractivity contribution in [1.82, 2.24) is 9.78 Å². The van der Waals surface area contributed by atoms with Crippen molar-refractivity contribution in [3.05, 3.63) is 18.0 Å². The van der Waals surface area contributed by atoms with Gasteiger partial charge in [0.05, 0.1) is 11.2 Å². The average Bonchev–Trinajstić information content (AvgIpc) is 2.76. The van der Waals surface area contributed by atoms with Gasteiger partial charge in [-0.25, -0.2) is 0 Å². The lowest BCUT2D eigenvalue weighted by molar-refractivity contribution is -0.0511. The Morgan fingerprint density at radius 1 is 1.22 bits per heavy atom. The van der Waals surface area contributed by atoms with E-state index in [1.54, 1.807) is 0 Å². The standard InChI is InChI=1S/C15H23N3/c1-10(16)14-2-3-17-18(14)15-7-11-4-12(8-15)6-13(5-11)9-15/h2-3,10-13H,4-9,16H2,1H3. The van der Waals surface area contributed by atoms with Gasteiger partial charge in [0.15, 0.2) is 0 Å². The normalized spacial score (nSPS) is 43.3. The summed E-state index contributed by atoms with van der Waals surface area (Å²) in [6.45, 7) is 2.08. The number of nitrogens with two attached hydrogens (primary N) is 1. The van der Waals surface area contributed by atoms with Gasteiger partial charge in [0.2, 0.25) is 0 Å². The first-order valence-electron chi connectivity index (χ1n) is 7.46. The molecule has 0 saturated heterocycles. The molecule has 0 amide bonds. The monoisotopic (exact) mass is 245 g/mol. The van der Waals surface area contributed by atoms with Crippen LogP contribution >= 0.6 is 0 Å². The molecule has 1 atom stereocenters. The first kappa shape index (κ1) is 11.0. The van der Waals surface area contributed by atoms with Crippen molar-refractivity contribution in [3.8, 4) is 0 Å². The number of aromatic nitrogens is 2. The summed E-state index contributed by atoms with van der Waals surface area (Å²) >= 11 is 0. The van der Waals surface area contributed by atoms with Crippen LogP contribution < -0.4 is 5.73 Å². The molecule has 1 aromatic heterocycles. The highest BCUT2D eigenvalue weighted by Gasteiger charge is 2.52. The summed E-state index contributed by atoms with van der Waals surface area (Å²) in [6, 6.07) is 2.21. The van der Waals surface area contributed by atoms with Crippen LogP contribution in [0.5, 0.6) is 0 Å². The van der Waals surface area contributed by atoms with Gasteiger partial charge in [-0.15, -0.1) is 0 Å². The molecule has 4 fully saturated rings. The maximum Gasteiger partial charge on any atom is 0.0639 e. The zero-order valence-electron chi connectivity index (χ0n) is 11.2. The SMILES string of the molecule is CC(N)c1ccnn1C12CC3CC(CC(C3)C1)C2. The van der Waals surface area contributed by atoms with Gasteiger partial charge in [0.25, 0.3) is 0 Å². The molecule has 2 N–H and O–H groups in total. The van der Waals surface area contributed by atoms with E-state index in [0.717, 1.165) is 17.8 Å². The van der Waals surface area contributed by atoms with Crippen molar-refractivity contribution < 1.29 is 0 Å². The van der Waals surface area contributed by atoms with Crippen molar-refractivity contribution in [2.45, 2.75) is 57.0 Å². The summed E-state index contributed by atoms with van der Waals surface area (Å²) in [4.78, 5) is 0. The topological polar surface area (TPSA) is 43.8 Å². The van der Waals surface area contributed by atoms with Gasteiger partial charge < -0.3 is 5.73 Å². The highest BCUT2D eigenvalue weighted by atomic mass is 15.3. The fourth-order valence-electron chi connectivity index (χ4n) is 5.38. The molecule has 1 heterocycles. The summed E-state index contributed by atoms with van der Waals surface area (Å²) in [5.41, 5.74) is 7.67. The second-order valence-corrected chi connectivity index (χ2v) is 7.10. The van der Waals surface area contributed by atoms with Crippen LogP contribution in [0.2, 0.25) is 0 Å². The molecular formula is C15H23N3. The van der Waals surface area contributed by atoms with Crippen LogP contribution in [-0.4, -0.2) is 9.78 Å². The van der Waals surface area contributed by atoms with E-state index in [2.05, 4.69) is 22.8 Å². The molecule has 0 spiro atoms. The van der Waals surface area contributed by atoms with E-state index in [1.165, 1.54) is 44.2 Å². The highest BCUT2D eigenvalue weighted by Crippen LogP contribution is 2.58. The third-order valence-electron chi connectivity index (χ3n) is 5.59. The van der Waals surface area contributed by atoms with Crippen LogP contribution in [0, 0.1) is 17.8 Å². The lowest BCUT2D eigenvalue weighted by Crippen LogP contribution is -2.52. The maximum atomic E-state index is 6.12. The number of nitrogens with zero attached hydrogens (tertiary/aromatic N) is 2. The molecule has 4 aliphatic rings. The Kier molecular flexibility index (Phi) is 2.20. The summed E-state index contributed by atoms with van der Waals surface area (Å²) in [6.07, 6.45) is 10.4. The minimum atomic E-state index is 0.0977. The summed E-state index contributed by atoms with van der Waals surface area (Å²) < 4.78 is 2.32. The molecule has 0 aliphatic heterocycles. The van der Waals surface area contributed by atoms with Crippen molar-refractivity contribution in [1.29, 1.82) is 0 Å². The molecule has 0 radical (unpaired) electrons. The van der Waals surface area contributed by atoms with Crippen LogP contribution in [0.3, 0.4) is 0 Å². The second kappa shape index (κ2) is 3.60. The van der Waals surface area contributed by atoms with Gasteiger partial charge in [-0.1, -0.05) is 0 Å². The van der Waals surface area contributed by atoms with Gasteiger partial charge in [-0.3, -0.25) is 4.68 Å². The predicted octanol–water partition coefficient (Wildman–Crippen LogP) is 2.83. The Balaban J connectivity index is 1.77. The third-order valence-corrected chi connectivity index (χ3v) is 5.59. The van der Waals surface area contributed by atoms with E-state index in [9.17, 15) is 0 Å². The molecule has 18 heavy (non-hydrogen) atoms. The Hall–Kier alpha value is -0.830. The molecule has 1 aromatic rings. The Bertz CT molecular complexity index is 425. The van der Waals surface area contributed by atoms with Gasteiger partial charge in [-0.05, 0) is 69.3 Å². The fourth-order valence-corrected chi connectivity index (χ4v) is 5.38. The van der Waals surface area contributed by atoms with Crippen molar-refractivity contribution in [2.75, 3.05) is 0 Å². The zero-order valence-corrected chi connectivity index (χ0v) is 11.2. The Morgan fingerprint density at radius 3 is 2.28 bits per heavy atom. The number of rotatable bonds is 2. The van der Waals surface area contributed by atoms with Crippen molar-refractivity contribution in [2.24, 2.45) is 23.5 Å². The van der Waals surface area contributed by atoms with Gasteiger partial charge >= 0.3 is 0 Å². The largest absolute Gasteiger partial charge is 0.323 e. The van der Waals surface area contributed by atoms with Crippen molar-refractivity contribution in [3.63, 3.8) is 0 Å². The molecule has 3 heteroatoms. The van der Waals surface area contributed by atoms with E-state index >= 15 is 0 Å². The fraction of sp³-hybridized carbons (Fsp3) is 0.800. The van der Waals surface area contributed by atoms with Crippen LogP contribution in [0.15, 0.2) is 12.3 Å².